The van der Waals surface area contributed by atoms with E-state index < -0.39 is 11.4 Å². The van der Waals surface area contributed by atoms with Gasteiger partial charge in [0.1, 0.15) is 5.75 Å². The fourth-order valence-corrected chi connectivity index (χ4v) is 2.28. The van der Waals surface area contributed by atoms with E-state index in [9.17, 15) is 9.90 Å². The van der Waals surface area contributed by atoms with E-state index in [4.69, 9.17) is 4.74 Å². The molecule has 0 aliphatic heterocycles. The van der Waals surface area contributed by atoms with Crippen molar-refractivity contribution in [2.24, 2.45) is 5.41 Å². The number of carboxylic acids is 1. The quantitative estimate of drug-likeness (QED) is 0.732. The second-order valence-corrected chi connectivity index (χ2v) is 5.71. The predicted octanol–water partition coefficient (Wildman–Crippen LogP) is 3.45. The van der Waals surface area contributed by atoms with Crippen LogP contribution < -0.4 is 10.1 Å². The zero-order valence-electron chi connectivity index (χ0n) is 13.5. The van der Waals surface area contributed by atoms with Crippen molar-refractivity contribution < 1.29 is 14.6 Å². The average Bonchev–Trinajstić information content (AvgIpc) is 2.45. The molecule has 0 radical (unpaired) electrons. The Hall–Kier alpha value is -1.55. The van der Waals surface area contributed by atoms with Crippen molar-refractivity contribution in [3.63, 3.8) is 0 Å². The molecule has 0 spiro atoms. The summed E-state index contributed by atoms with van der Waals surface area (Å²) in [4.78, 5) is 11.4. The molecule has 0 atom stereocenters. The van der Waals surface area contributed by atoms with Crippen molar-refractivity contribution in [2.75, 3.05) is 6.54 Å². The zero-order valence-corrected chi connectivity index (χ0v) is 13.5. The fourth-order valence-electron chi connectivity index (χ4n) is 2.28. The van der Waals surface area contributed by atoms with E-state index in [1.165, 1.54) is 0 Å². The molecule has 0 amide bonds. The highest BCUT2D eigenvalue weighted by molar-refractivity contribution is 5.74. The summed E-state index contributed by atoms with van der Waals surface area (Å²) in [5, 5.41) is 12.6. The normalized spacial score (nSPS) is 11.7. The smallest absolute Gasteiger partial charge is 0.310 e. The Labute approximate surface area is 127 Å². The second-order valence-electron chi connectivity index (χ2n) is 5.71. The maximum Gasteiger partial charge on any atom is 0.310 e. The van der Waals surface area contributed by atoms with Crippen LogP contribution in [0.3, 0.4) is 0 Å². The van der Waals surface area contributed by atoms with E-state index in [2.05, 4.69) is 5.32 Å². The number of hydrogen-bond acceptors (Lipinski definition) is 3. The molecular formula is C17H27NO3. The van der Waals surface area contributed by atoms with Crippen LogP contribution in [0.25, 0.3) is 0 Å². The third-order valence-electron chi connectivity index (χ3n) is 3.89. The van der Waals surface area contributed by atoms with Gasteiger partial charge in [0, 0.05) is 13.1 Å². The maximum atomic E-state index is 11.4. The molecule has 1 aromatic rings. The van der Waals surface area contributed by atoms with Crippen LogP contribution in [0.4, 0.5) is 0 Å². The number of aliphatic carboxylic acids is 1. The van der Waals surface area contributed by atoms with Crippen LogP contribution in [0.15, 0.2) is 24.3 Å². The summed E-state index contributed by atoms with van der Waals surface area (Å²) in [6.07, 6.45) is 1.43. The molecule has 0 saturated carbocycles. The summed E-state index contributed by atoms with van der Waals surface area (Å²) in [6, 6.07) is 7.90. The van der Waals surface area contributed by atoms with Crippen molar-refractivity contribution in [3.05, 3.63) is 29.8 Å². The minimum atomic E-state index is -0.722. The van der Waals surface area contributed by atoms with Gasteiger partial charge in [-0.15, -0.1) is 0 Å². The first-order chi connectivity index (χ1) is 9.93. The molecule has 0 aromatic heterocycles. The highest BCUT2D eigenvalue weighted by Crippen LogP contribution is 2.25. The summed E-state index contributed by atoms with van der Waals surface area (Å²) < 4.78 is 5.60. The molecule has 0 bridgehead atoms. The Kier molecular flexibility index (Phi) is 6.69. The molecule has 1 aromatic carbocycles. The molecule has 4 nitrogen and oxygen atoms in total. The van der Waals surface area contributed by atoms with Gasteiger partial charge < -0.3 is 15.2 Å². The number of hydrogen-bond donors (Lipinski definition) is 2. The standard InChI is InChI=1S/C17H27NO3/c1-5-17(6-2,16(19)20)12-18-11-14-7-9-15(10-8-14)21-13(3)4/h7-10,13,18H,5-6,11-12H2,1-4H3,(H,19,20). The van der Waals surface area contributed by atoms with Crippen LogP contribution in [-0.4, -0.2) is 23.7 Å². The Balaban J connectivity index is 2.53. The van der Waals surface area contributed by atoms with Gasteiger partial charge in [0.25, 0.3) is 0 Å². The molecule has 118 valence electrons. The first-order valence-electron chi connectivity index (χ1n) is 7.63. The second kappa shape index (κ2) is 8.03. The van der Waals surface area contributed by atoms with E-state index in [0.717, 1.165) is 11.3 Å². The van der Waals surface area contributed by atoms with Crippen LogP contribution in [-0.2, 0) is 11.3 Å². The van der Waals surface area contributed by atoms with E-state index in [1.807, 2.05) is 52.0 Å². The fraction of sp³-hybridized carbons (Fsp3) is 0.588. The summed E-state index contributed by atoms with van der Waals surface area (Å²) >= 11 is 0. The summed E-state index contributed by atoms with van der Waals surface area (Å²) in [5.74, 6) is 0.136. The van der Waals surface area contributed by atoms with Gasteiger partial charge in [-0.1, -0.05) is 26.0 Å². The van der Waals surface area contributed by atoms with Crippen molar-refractivity contribution in [1.82, 2.24) is 5.32 Å². The number of ether oxygens (including phenoxy) is 1. The van der Waals surface area contributed by atoms with Gasteiger partial charge in [0.2, 0.25) is 0 Å². The Morgan fingerprint density at radius 1 is 1.24 bits per heavy atom. The molecule has 21 heavy (non-hydrogen) atoms. The summed E-state index contributed by atoms with van der Waals surface area (Å²) in [5.41, 5.74) is 0.457. The van der Waals surface area contributed by atoms with E-state index in [-0.39, 0.29) is 6.10 Å². The molecule has 0 aliphatic carbocycles. The Morgan fingerprint density at radius 2 is 1.81 bits per heavy atom. The number of benzene rings is 1. The van der Waals surface area contributed by atoms with Crippen LogP contribution in [0.2, 0.25) is 0 Å². The van der Waals surface area contributed by atoms with Crippen LogP contribution >= 0.6 is 0 Å². The average molecular weight is 293 g/mol. The SMILES string of the molecule is CCC(CC)(CNCc1ccc(OC(C)C)cc1)C(=O)O. The van der Waals surface area contributed by atoms with Crippen LogP contribution in [0, 0.1) is 5.41 Å². The molecule has 0 aliphatic rings. The molecule has 0 heterocycles. The Bertz CT molecular complexity index is 436. The van der Waals surface area contributed by atoms with Crippen molar-refractivity contribution in [3.8, 4) is 5.75 Å². The van der Waals surface area contributed by atoms with Gasteiger partial charge >= 0.3 is 5.97 Å². The molecular weight excluding hydrogens is 266 g/mol. The lowest BCUT2D eigenvalue weighted by molar-refractivity contribution is -0.149. The first kappa shape index (κ1) is 17.5. The highest BCUT2D eigenvalue weighted by Gasteiger charge is 2.34. The van der Waals surface area contributed by atoms with Gasteiger partial charge in [0.15, 0.2) is 0 Å². The number of rotatable bonds is 9. The molecule has 0 fully saturated rings. The molecule has 0 unspecified atom stereocenters. The Morgan fingerprint density at radius 3 is 2.24 bits per heavy atom. The van der Waals surface area contributed by atoms with Crippen LogP contribution in [0.1, 0.15) is 46.1 Å². The van der Waals surface area contributed by atoms with Gasteiger partial charge in [-0.2, -0.15) is 0 Å². The maximum absolute atomic E-state index is 11.4. The monoisotopic (exact) mass is 293 g/mol. The third kappa shape index (κ3) is 5.05. The lowest BCUT2D eigenvalue weighted by atomic mass is 9.82. The summed E-state index contributed by atoms with van der Waals surface area (Å²) in [7, 11) is 0. The van der Waals surface area contributed by atoms with Gasteiger partial charge in [-0.25, -0.2) is 0 Å². The van der Waals surface area contributed by atoms with Crippen LogP contribution in [0.5, 0.6) is 5.75 Å². The van der Waals surface area contributed by atoms with E-state index in [1.54, 1.807) is 0 Å². The number of carbonyl (C=O) groups is 1. The molecule has 4 heteroatoms. The van der Waals surface area contributed by atoms with Gasteiger partial charge in [-0.3, -0.25) is 4.79 Å². The lowest BCUT2D eigenvalue weighted by Gasteiger charge is -2.27. The molecule has 2 N–H and O–H groups in total. The predicted molar refractivity (Wildman–Crippen MR) is 84.6 cm³/mol. The number of carboxylic acid groups (broad SMARTS) is 1. The van der Waals surface area contributed by atoms with E-state index in [0.29, 0.717) is 25.9 Å². The largest absolute Gasteiger partial charge is 0.491 e. The summed E-state index contributed by atoms with van der Waals surface area (Å²) in [6.45, 7) is 9.00. The van der Waals surface area contributed by atoms with Crippen molar-refractivity contribution >= 4 is 5.97 Å². The van der Waals surface area contributed by atoms with Crippen molar-refractivity contribution in [1.29, 1.82) is 0 Å². The van der Waals surface area contributed by atoms with Gasteiger partial charge in [0.05, 0.1) is 11.5 Å². The zero-order chi connectivity index (χ0) is 15.9. The highest BCUT2D eigenvalue weighted by atomic mass is 16.5. The third-order valence-corrected chi connectivity index (χ3v) is 3.89. The lowest BCUT2D eigenvalue weighted by Crippen LogP contribution is -2.39. The van der Waals surface area contributed by atoms with Crippen molar-refractivity contribution in [2.45, 2.75) is 53.2 Å². The molecule has 1 rings (SSSR count). The minimum Gasteiger partial charge on any atom is -0.491 e. The van der Waals surface area contributed by atoms with Gasteiger partial charge in [-0.05, 0) is 44.4 Å². The first-order valence-corrected chi connectivity index (χ1v) is 7.63. The number of nitrogens with one attached hydrogen (secondary N) is 1. The minimum absolute atomic E-state index is 0.166. The topological polar surface area (TPSA) is 58.6 Å². The molecule has 0 saturated heterocycles. The van der Waals surface area contributed by atoms with E-state index >= 15 is 0 Å².